The van der Waals surface area contributed by atoms with Crippen LogP contribution in [0.2, 0.25) is 0 Å². The summed E-state index contributed by atoms with van der Waals surface area (Å²) in [5, 5.41) is 9.44. The molecule has 0 aliphatic carbocycles. The molecular weight excluding hydrogens is 258 g/mol. The summed E-state index contributed by atoms with van der Waals surface area (Å²) in [5.74, 6) is 1.25. The van der Waals surface area contributed by atoms with Gasteiger partial charge < -0.3 is 4.74 Å². The second kappa shape index (κ2) is 6.30. The highest BCUT2D eigenvalue weighted by molar-refractivity contribution is 7.99. The Morgan fingerprint density at radius 3 is 2.74 bits per heavy atom. The van der Waals surface area contributed by atoms with E-state index in [-0.39, 0.29) is 6.10 Å². The van der Waals surface area contributed by atoms with E-state index in [1.807, 2.05) is 48.9 Å². The number of rotatable bonds is 5. The lowest BCUT2D eigenvalue weighted by Gasteiger charge is -2.11. The topological polar surface area (TPSA) is 50.8 Å². The highest BCUT2D eigenvalue weighted by Crippen LogP contribution is 2.22. The van der Waals surface area contributed by atoms with Gasteiger partial charge in [0.2, 0.25) is 0 Å². The van der Waals surface area contributed by atoms with Crippen molar-refractivity contribution in [2.24, 2.45) is 0 Å². The van der Waals surface area contributed by atoms with Crippen molar-refractivity contribution in [2.45, 2.75) is 25.1 Å². The Hall–Kier alpha value is -1.93. The predicted molar refractivity (Wildman–Crippen MR) is 75.7 cm³/mol. The molecule has 4 nitrogen and oxygen atoms in total. The number of nitrogens with zero attached hydrogens (tertiary/aromatic N) is 3. The van der Waals surface area contributed by atoms with Crippen LogP contribution in [-0.2, 0) is 0 Å². The fourth-order valence-corrected chi connectivity index (χ4v) is 2.28. The number of ether oxygens (including phenoxy) is 1. The number of thioether (sulfide) groups is 1. The maximum Gasteiger partial charge on any atom is 0.173 e. The first kappa shape index (κ1) is 13.5. The Kier molecular flexibility index (Phi) is 4.48. The Labute approximate surface area is 117 Å². The van der Waals surface area contributed by atoms with Gasteiger partial charge in [-0.1, -0.05) is 11.8 Å². The lowest BCUT2D eigenvalue weighted by molar-refractivity contribution is 0.242. The lowest BCUT2D eigenvalue weighted by Crippen LogP contribution is -2.05. The van der Waals surface area contributed by atoms with Crippen LogP contribution in [0, 0.1) is 11.3 Å². The molecule has 0 atom stereocenters. The normalized spacial score (nSPS) is 10.4. The number of hydrogen-bond acceptors (Lipinski definition) is 4. The molecule has 0 bridgehead atoms. The first-order valence-electron chi connectivity index (χ1n) is 6.01. The molecule has 1 aromatic heterocycles. The molecule has 98 valence electrons. The van der Waals surface area contributed by atoms with Gasteiger partial charge in [-0.25, -0.2) is 4.98 Å². The van der Waals surface area contributed by atoms with Crippen LogP contribution in [0.1, 0.15) is 13.8 Å². The van der Waals surface area contributed by atoms with Crippen molar-refractivity contribution in [2.75, 3.05) is 5.75 Å². The third kappa shape index (κ3) is 3.52. The molecule has 0 spiro atoms. The second-order valence-corrected chi connectivity index (χ2v) is 5.13. The van der Waals surface area contributed by atoms with Crippen LogP contribution < -0.4 is 4.74 Å². The molecular formula is C14H15N3OS. The SMILES string of the molecule is CC(C)Oc1ccc(-n2ccnc2SCC#N)cc1. The molecule has 0 saturated carbocycles. The van der Waals surface area contributed by atoms with Gasteiger partial charge in [-0.05, 0) is 38.1 Å². The van der Waals surface area contributed by atoms with Gasteiger partial charge in [0.1, 0.15) is 5.75 Å². The highest BCUT2D eigenvalue weighted by Gasteiger charge is 2.06. The first-order chi connectivity index (χ1) is 9.20. The van der Waals surface area contributed by atoms with Gasteiger partial charge >= 0.3 is 0 Å². The van der Waals surface area contributed by atoms with Gasteiger partial charge in [-0.2, -0.15) is 5.26 Å². The van der Waals surface area contributed by atoms with Crippen molar-refractivity contribution in [1.82, 2.24) is 9.55 Å². The van der Waals surface area contributed by atoms with Crippen LogP contribution in [0.25, 0.3) is 5.69 Å². The van der Waals surface area contributed by atoms with Crippen LogP contribution >= 0.6 is 11.8 Å². The molecule has 2 rings (SSSR count). The van der Waals surface area contributed by atoms with Crippen molar-refractivity contribution in [3.8, 4) is 17.5 Å². The van der Waals surface area contributed by atoms with Crippen LogP contribution in [0.15, 0.2) is 41.8 Å². The fraction of sp³-hybridized carbons (Fsp3) is 0.286. The average Bonchev–Trinajstić information content (AvgIpc) is 2.85. The van der Waals surface area contributed by atoms with Gasteiger partial charge in [0.15, 0.2) is 5.16 Å². The molecule has 0 unspecified atom stereocenters. The maximum atomic E-state index is 8.62. The van der Waals surface area contributed by atoms with Crippen LogP contribution in [0.3, 0.4) is 0 Å². The fourth-order valence-electron chi connectivity index (χ4n) is 1.65. The first-order valence-corrected chi connectivity index (χ1v) is 6.99. The molecule has 0 radical (unpaired) electrons. The van der Waals surface area contributed by atoms with E-state index in [0.29, 0.717) is 5.75 Å². The molecule has 1 heterocycles. The standard InChI is InChI=1S/C14H15N3OS/c1-11(2)18-13-5-3-12(4-6-13)17-9-8-16-14(17)19-10-7-15/h3-6,8-9,11H,10H2,1-2H3. The Morgan fingerprint density at radius 2 is 2.11 bits per heavy atom. The molecule has 0 aliphatic rings. The zero-order chi connectivity index (χ0) is 13.7. The number of benzene rings is 1. The molecule has 0 aliphatic heterocycles. The van der Waals surface area contributed by atoms with E-state index in [0.717, 1.165) is 16.6 Å². The highest BCUT2D eigenvalue weighted by atomic mass is 32.2. The molecule has 0 saturated heterocycles. The number of imidazole rings is 1. The summed E-state index contributed by atoms with van der Waals surface area (Å²) in [4.78, 5) is 4.24. The van der Waals surface area contributed by atoms with E-state index in [1.165, 1.54) is 11.8 Å². The molecule has 0 N–H and O–H groups in total. The van der Waals surface area contributed by atoms with Gasteiger partial charge in [-0.3, -0.25) is 4.57 Å². The van der Waals surface area contributed by atoms with E-state index in [1.54, 1.807) is 6.20 Å². The smallest absolute Gasteiger partial charge is 0.173 e. The quantitative estimate of drug-likeness (QED) is 0.784. The summed E-state index contributed by atoms with van der Waals surface area (Å²) < 4.78 is 7.57. The maximum absolute atomic E-state index is 8.62. The number of hydrogen-bond donors (Lipinski definition) is 0. The van der Waals surface area contributed by atoms with Crippen molar-refractivity contribution in [3.63, 3.8) is 0 Å². The van der Waals surface area contributed by atoms with Gasteiger partial charge in [-0.15, -0.1) is 0 Å². The summed E-state index contributed by atoms with van der Waals surface area (Å²) in [6.45, 7) is 4.00. The van der Waals surface area contributed by atoms with Crippen molar-refractivity contribution in [1.29, 1.82) is 5.26 Å². The zero-order valence-electron chi connectivity index (χ0n) is 10.9. The number of aromatic nitrogens is 2. The van der Waals surface area contributed by atoms with Crippen LogP contribution in [-0.4, -0.2) is 21.4 Å². The molecule has 1 aromatic carbocycles. The lowest BCUT2D eigenvalue weighted by atomic mass is 10.3. The molecule has 0 amide bonds. The molecule has 5 heteroatoms. The Morgan fingerprint density at radius 1 is 1.37 bits per heavy atom. The van der Waals surface area contributed by atoms with Crippen LogP contribution in [0.4, 0.5) is 0 Å². The van der Waals surface area contributed by atoms with Crippen molar-refractivity contribution >= 4 is 11.8 Å². The predicted octanol–water partition coefficient (Wildman–Crippen LogP) is 3.28. The Balaban J connectivity index is 2.18. The Bertz CT molecular complexity index is 569. The van der Waals surface area contributed by atoms with Crippen LogP contribution in [0.5, 0.6) is 5.75 Å². The van der Waals surface area contributed by atoms with E-state index in [4.69, 9.17) is 10.00 Å². The minimum atomic E-state index is 0.167. The summed E-state index contributed by atoms with van der Waals surface area (Å²) >= 11 is 1.42. The molecule has 19 heavy (non-hydrogen) atoms. The van der Waals surface area contributed by atoms with Crippen molar-refractivity contribution in [3.05, 3.63) is 36.7 Å². The monoisotopic (exact) mass is 273 g/mol. The number of nitriles is 1. The average molecular weight is 273 g/mol. The summed E-state index contributed by atoms with van der Waals surface area (Å²) in [6, 6.07) is 9.95. The minimum Gasteiger partial charge on any atom is -0.491 e. The second-order valence-electron chi connectivity index (χ2n) is 4.19. The van der Waals surface area contributed by atoms with Gasteiger partial charge in [0.25, 0.3) is 0 Å². The summed E-state index contributed by atoms with van der Waals surface area (Å²) in [6.07, 6.45) is 3.79. The van der Waals surface area contributed by atoms with E-state index < -0.39 is 0 Å². The summed E-state index contributed by atoms with van der Waals surface area (Å²) in [7, 11) is 0. The van der Waals surface area contributed by atoms with Gasteiger partial charge in [0, 0.05) is 18.1 Å². The van der Waals surface area contributed by atoms with E-state index in [2.05, 4.69) is 11.1 Å². The largest absolute Gasteiger partial charge is 0.491 e. The van der Waals surface area contributed by atoms with E-state index in [9.17, 15) is 0 Å². The molecule has 0 fully saturated rings. The minimum absolute atomic E-state index is 0.167. The zero-order valence-corrected chi connectivity index (χ0v) is 11.7. The molecule has 2 aromatic rings. The summed E-state index contributed by atoms with van der Waals surface area (Å²) in [5.41, 5.74) is 1.01. The third-order valence-corrected chi connectivity index (χ3v) is 3.19. The third-order valence-electron chi connectivity index (χ3n) is 2.36. The van der Waals surface area contributed by atoms with Gasteiger partial charge in [0.05, 0.1) is 17.9 Å². The van der Waals surface area contributed by atoms with E-state index >= 15 is 0 Å². The van der Waals surface area contributed by atoms with Crippen molar-refractivity contribution < 1.29 is 4.74 Å².